The van der Waals surface area contributed by atoms with E-state index >= 15 is 0 Å². The number of carbonyl (C=O) groups excluding carboxylic acids is 1. The first-order chi connectivity index (χ1) is 11.1. The van der Waals surface area contributed by atoms with Gasteiger partial charge in [0.2, 0.25) is 0 Å². The first-order valence-electron chi connectivity index (χ1n) is 7.05. The predicted molar refractivity (Wildman–Crippen MR) is 96.6 cm³/mol. The van der Waals surface area contributed by atoms with Gasteiger partial charge in [0.1, 0.15) is 9.77 Å². The zero-order valence-corrected chi connectivity index (χ0v) is 16.1. The summed E-state index contributed by atoms with van der Waals surface area (Å²) in [5.41, 5.74) is 0.949. The molecule has 0 amide bonds. The van der Waals surface area contributed by atoms with E-state index in [-0.39, 0.29) is 25.9 Å². The minimum absolute atomic E-state index is 0.0424. The Hall–Kier alpha value is -1.57. The summed E-state index contributed by atoms with van der Waals surface area (Å²) in [5, 5.41) is 1.73. The summed E-state index contributed by atoms with van der Waals surface area (Å²) in [5.74, 6) is -0.600. The van der Waals surface area contributed by atoms with E-state index in [4.69, 9.17) is 11.6 Å². The smallest absolute Gasteiger partial charge is 0.350 e. The predicted octanol–water partition coefficient (Wildman–Crippen LogP) is 4.29. The van der Waals surface area contributed by atoms with Crippen molar-refractivity contribution >= 4 is 44.6 Å². The van der Waals surface area contributed by atoms with Crippen LogP contribution in [0.15, 0.2) is 34.5 Å². The lowest BCUT2D eigenvalue weighted by Crippen LogP contribution is -2.16. The van der Waals surface area contributed by atoms with Crippen LogP contribution in [0.3, 0.4) is 0 Å². The van der Waals surface area contributed by atoms with Crippen LogP contribution >= 0.6 is 22.9 Å². The Morgan fingerprint density at radius 1 is 1.25 bits per heavy atom. The SMILES string of the molecule is COC(=O)c1sccc1NS(=O)(=O)c1ccc(C(C)(C)C)cc1Cl. The highest BCUT2D eigenvalue weighted by atomic mass is 35.5. The van der Waals surface area contributed by atoms with Gasteiger partial charge in [-0.3, -0.25) is 4.72 Å². The van der Waals surface area contributed by atoms with Crippen LogP contribution < -0.4 is 4.72 Å². The molecule has 130 valence electrons. The number of thiophene rings is 1. The van der Waals surface area contributed by atoms with Gasteiger partial charge in [-0.2, -0.15) is 0 Å². The minimum atomic E-state index is -3.92. The van der Waals surface area contributed by atoms with E-state index in [2.05, 4.69) is 9.46 Å². The summed E-state index contributed by atoms with van der Waals surface area (Å²) in [6.45, 7) is 6.04. The molecule has 0 spiro atoms. The lowest BCUT2D eigenvalue weighted by Gasteiger charge is -2.20. The van der Waals surface area contributed by atoms with Crippen molar-refractivity contribution in [2.45, 2.75) is 31.1 Å². The van der Waals surface area contributed by atoms with Gasteiger partial charge in [-0.15, -0.1) is 11.3 Å². The van der Waals surface area contributed by atoms with Gasteiger partial charge in [-0.25, -0.2) is 13.2 Å². The third-order valence-electron chi connectivity index (χ3n) is 3.37. The number of rotatable bonds is 4. The summed E-state index contributed by atoms with van der Waals surface area (Å²) in [4.78, 5) is 11.8. The minimum Gasteiger partial charge on any atom is -0.465 e. The van der Waals surface area contributed by atoms with Crippen molar-refractivity contribution in [1.29, 1.82) is 0 Å². The highest BCUT2D eigenvalue weighted by molar-refractivity contribution is 7.92. The number of methoxy groups -OCH3 is 1. The van der Waals surface area contributed by atoms with Gasteiger partial charge in [0.05, 0.1) is 17.8 Å². The summed E-state index contributed by atoms with van der Waals surface area (Å²) in [6.07, 6.45) is 0. The summed E-state index contributed by atoms with van der Waals surface area (Å²) < 4.78 is 32.2. The zero-order chi connectivity index (χ0) is 18.1. The molecule has 8 heteroatoms. The van der Waals surface area contributed by atoms with Crippen LogP contribution in [-0.4, -0.2) is 21.5 Å². The number of nitrogens with one attached hydrogen (secondary N) is 1. The molecule has 2 rings (SSSR count). The number of halogens is 1. The number of sulfonamides is 1. The molecule has 24 heavy (non-hydrogen) atoms. The van der Waals surface area contributed by atoms with Crippen molar-refractivity contribution in [2.75, 3.05) is 11.8 Å². The quantitative estimate of drug-likeness (QED) is 0.794. The topological polar surface area (TPSA) is 72.5 Å². The molecular formula is C16H18ClNO4S2. The van der Waals surface area contributed by atoms with Gasteiger partial charge in [0.25, 0.3) is 10.0 Å². The third kappa shape index (κ3) is 3.91. The zero-order valence-electron chi connectivity index (χ0n) is 13.7. The van der Waals surface area contributed by atoms with Gasteiger partial charge in [-0.1, -0.05) is 38.4 Å². The highest BCUT2D eigenvalue weighted by Gasteiger charge is 2.24. The molecule has 5 nitrogen and oxygen atoms in total. The molecule has 1 aromatic heterocycles. The molecule has 0 bridgehead atoms. The van der Waals surface area contributed by atoms with Crippen LogP contribution in [0.2, 0.25) is 5.02 Å². The third-order valence-corrected chi connectivity index (χ3v) is 6.11. The van der Waals surface area contributed by atoms with Crippen LogP contribution in [0.1, 0.15) is 36.0 Å². The van der Waals surface area contributed by atoms with Gasteiger partial charge < -0.3 is 4.74 Å². The average molecular weight is 388 g/mol. The standard InChI is InChI=1S/C16H18ClNO4S2/c1-16(2,3)10-5-6-13(11(17)9-10)24(20,21)18-12-7-8-23-14(12)15(19)22-4/h5-9,18H,1-4H3. The molecule has 0 radical (unpaired) electrons. The molecule has 0 atom stereocenters. The normalized spacial score (nSPS) is 12.0. The number of esters is 1. The molecule has 0 aliphatic heterocycles. The van der Waals surface area contributed by atoms with Crippen LogP contribution in [0.5, 0.6) is 0 Å². The summed E-state index contributed by atoms with van der Waals surface area (Å²) in [6, 6.07) is 6.35. The molecule has 0 aliphatic carbocycles. The molecule has 0 saturated carbocycles. The molecule has 2 aromatic rings. The van der Waals surface area contributed by atoms with Gasteiger partial charge >= 0.3 is 5.97 Å². The lowest BCUT2D eigenvalue weighted by molar-refractivity contribution is 0.0607. The number of benzene rings is 1. The fraction of sp³-hybridized carbons (Fsp3) is 0.312. The van der Waals surface area contributed by atoms with Crippen molar-refractivity contribution in [1.82, 2.24) is 0 Å². The average Bonchev–Trinajstić information content (AvgIpc) is 2.92. The van der Waals surface area contributed by atoms with Gasteiger partial charge in [0.15, 0.2) is 0 Å². The maximum absolute atomic E-state index is 12.6. The number of hydrogen-bond acceptors (Lipinski definition) is 5. The molecule has 0 fully saturated rings. The largest absolute Gasteiger partial charge is 0.465 e. The van der Waals surface area contributed by atoms with Crippen LogP contribution in [0, 0.1) is 0 Å². The Labute approximate surface area is 150 Å². The summed E-state index contributed by atoms with van der Waals surface area (Å²) >= 11 is 7.28. The molecule has 1 N–H and O–H groups in total. The van der Waals surface area contributed by atoms with Crippen LogP contribution in [0.25, 0.3) is 0 Å². The van der Waals surface area contributed by atoms with Crippen LogP contribution in [-0.2, 0) is 20.2 Å². The van der Waals surface area contributed by atoms with E-state index in [0.717, 1.165) is 16.9 Å². The lowest BCUT2D eigenvalue weighted by atomic mass is 9.87. The van der Waals surface area contributed by atoms with Crippen molar-refractivity contribution in [3.63, 3.8) is 0 Å². The Kier molecular flexibility index (Phi) is 5.27. The van der Waals surface area contributed by atoms with E-state index in [1.165, 1.54) is 19.2 Å². The molecule has 1 aromatic carbocycles. The second kappa shape index (κ2) is 6.74. The molecule has 0 aliphatic rings. The first kappa shape index (κ1) is 18.8. The first-order valence-corrected chi connectivity index (χ1v) is 9.79. The molecule has 1 heterocycles. The monoisotopic (exact) mass is 387 g/mol. The maximum atomic E-state index is 12.6. The van der Waals surface area contributed by atoms with E-state index in [1.807, 2.05) is 20.8 Å². The number of anilines is 1. The second-order valence-electron chi connectivity index (χ2n) is 6.16. The van der Waals surface area contributed by atoms with E-state index in [1.54, 1.807) is 17.5 Å². The molecular weight excluding hydrogens is 370 g/mol. The fourth-order valence-electron chi connectivity index (χ4n) is 2.03. The maximum Gasteiger partial charge on any atom is 0.350 e. The van der Waals surface area contributed by atoms with Crippen molar-refractivity contribution in [2.24, 2.45) is 0 Å². The number of ether oxygens (including phenoxy) is 1. The fourth-order valence-corrected chi connectivity index (χ4v) is 4.47. The summed E-state index contributed by atoms with van der Waals surface area (Å²) in [7, 11) is -2.68. The van der Waals surface area contributed by atoms with Gasteiger partial charge in [-0.05, 0) is 34.6 Å². The van der Waals surface area contributed by atoms with Crippen molar-refractivity contribution in [3.05, 3.63) is 45.1 Å². The Bertz CT molecular complexity index is 866. The van der Waals surface area contributed by atoms with Crippen LogP contribution in [0.4, 0.5) is 5.69 Å². The Morgan fingerprint density at radius 3 is 2.46 bits per heavy atom. The van der Waals surface area contributed by atoms with Crippen molar-refractivity contribution in [3.8, 4) is 0 Å². The number of carbonyl (C=O) groups is 1. The Balaban J connectivity index is 2.39. The second-order valence-corrected chi connectivity index (χ2v) is 9.13. The molecule has 0 unspecified atom stereocenters. The highest BCUT2D eigenvalue weighted by Crippen LogP contribution is 2.31. The Morgan fingerprint density at radius 2 is 1.92 bits per heavy atom. The van der Waals surface area contributed by atoms with E-state index in [9.17, 15) is 13.2 Å². The number of hydrogen-bond donors (Lipinski definition) is 1. The van der Waals surface area contributed by atoms with E-state index < -0.39 is 16.0 Å². The van der Waals surface area contributed by atoms with Gasteiger partial charge in [0, 0.05) is 0 Å². The molecule has 0 saturated heterocycles. The van der Waals surface area contributed by atoms with Crippen molar-refractivity contribution < 1.29 is 17.9 Å². The van der Waals surface area contributed by atoms with E-state index in [0.29, 0.717) is 0 Å².